The zero-order chi connectivity index (χ0) is 18.2. The van der Waals surface area contributed by atoms with E-state index in [2.05, 4.69) is 5.32 Å². The van der Waals surface area contributed by atoms with Crippen molar-refractivity contribution in [3.05, 3.63) is 29.6 Å². The first kappa shape index (κ1) is 22.2. The van der Waals surface area contributed by atoms with Gasteiger partial charge in [0.25, 0.3) is 5.91 Å². The lowest BCUT2D eigenvalue weighted by Crippen LogP contribution is -2.30. The van der Waals surface area contributed by atoms with E-state index in [1.807, 2.05) is 0 Å². The molecule has 1 saturated carbocycles. The molecule has 8 heteroatoms. The Hall–Kier alpha value is -1.86. The lowest BCUT2D eigenvalue weighted by atomic mass is 9.87. The number of hydrogen-bond donors (Lipinski definition) is 2. The van der Waals surface area contributed by atoms with Gasteiger partial charge in [-0.2, -0.15) is 0 Å². The summed E-state index contributed by atoms with van der Waals surface area (Å²) in [4.78, 5) is 23.5. The highest BCUT2D eigenvalue weighted by atomic mass is 35.5. The van der Waals surface area contributed by atoms with Crippen LogP contribution < -0.4 is 15.8 Å². The molecule has 2 rings (SSSR count). The number of nitrogens with one attached hydrogen (secondary N) is 1. The fourth-order valence-electron chi connectivity index (χ4n) is 2.88. The minimum absolute atomic E-state index is 0. The van der Waals surface area contributed by atoms with Gasteiger partial charge in [0, 0.05) is 18.7 Å². The van der Waals surface area contributed by atoms with Gasteiger partial charge in [0.05, 0.1) is 18.6 Å². The van der Waals surface area contributed by atoms with Crippen molar-refractivity contribution >= 4 is 24.3 Å². The van der Waals surface area contributed by atoms with Gasteiger partial charge in [0.1, 0.15) is 0 Å². The maximum atomic E-state index is 14.2. The molecule has 0 spiro atoms. The molecule has 146 valence electrons. The fraction of sp³-hybridized carbons (Fsp3) is 0.556. The van der Waals surface area contributed by atoms with E-state index < -0.39 is 5.82 Å². The van der Waals surface area contributed by atoms with E-state index in [9.17, 15) is 14.0 Å². The van der Waals surface area contributed by atoms with E-state index in [1.165, 1.54) is 12.1 Å². The van der Waals surface area contributed by atoms with Crippen molar-refractivity contribution in [1.29, 1.82) is 0 Å². The first-order valence-corrected chi connectivity index (χ1v) is 8.66. The molecular weight excluding hydrogens is 363 g/mol. The van der Waals surface area contributed by atoms with E-state index >= 15 is 0 Å². The third kappa shape index (κ3) is 6.14. The second-order valence-corrected chi connectivity index (χ2v) is 6.03. The molecular formula is C18H26ClFN2O4. The summed E-state index contributed by atoms with van der Waals surface area (Å²) in [6.07, 6.45) is 2.54. The zero-order valence-corrected chi connectivity index (χ0v) is 15.6. The Kier molecular flexibility index (Phi) is 9.37. The van der Waals surface area contributed by atoms with Crippen LogP contribution in [-0.4, -0.2) is 37.7 Å². The summed E-state index contributed by atoms with van der Waals surface area (Å²) in [5, 5.41) is 2.59. The molecule has 0 heterocycles. The number of amides is 1. The quantitative estimate of drug-likeness (QED) is 0.700. The number of carbonyl (C=O) groups excluding carboxylic acids is 2. The summed E-state index contributed by atoms with van der Waals surface area (Å²) in [6.45, 7) is 2.83. The molecule has 1 amide bonds. The third-order valence-electron chi connectivity index (χ3n) is 4.21. The number of esters is 1. The first-order chi connectivity index (χ1) is 12.0. The molecule has 26 heavy (non-hydrogen) atoms. The van der Waals surface area contributed by atoms with Crippen molar-refractivity contribution < 1.29 is 23.5 Å². The molecule has 0 bridgehead atoms. The number of halogens is 2. The molecule has 0 saturated heterocycles. The van der Waals surface area contributed by atoms with E-state index in [4.69, 9.17) is 15.2 Å². The van der Waals surface area contributed by atoms with Gasteiger partial charge in [-0.05, 0) is 50.8 Å². The number of rotatable bonds is 7. The summed E-state index contributed by atoms with van der Waals surface area (Å²) in [6, 6.07) is 4.14. The van der Waals surface area contributed by atoms with Crippen molar-refractivity contribution in [2.75, 3.05) is 19.7 Å². The van der Waals surface area contributed by atoms with Crippen LogP contribution in [0.2, 0.25) is 0 Å². The number of carbonyl (C=O) groups is 2. The van der Waals surface area contributed by atoms with Gasteiger partial charge in [-0.25, -0.2) is 4.39 Å². The molecule has 0 unspecified atom stereocenters. The lowest BCUT2D eigenvalue weighted by Gasteiger charge is -2.27. The topological polar surface area (TPSA) is 90.6 Å². The van der Waals surface area contributed by atoms with Crippen LogP contribution >= 0.6 is 12.4 Å². The zero-order valence-electron chi connectivity index (χ0n) is 14.8. The van der Waals surface area contributed by atoms with Crippen LogP contribution in [-0.2, 0) is 9.53 Å². The predicted molar refractivity (Wildman–Crippen MR) is 98.0 cm³/mol. The van der Waals surface area contributed by atoms with Crippen molar-refractivity contribution in [1.82, 2.24) is 5.32 Å². The molecule has 1 aromatic rings. The average molecular weight is 389 g/mol. The maximum Gasteiger partial charge on any atom is 0.308 e. The van der Waals surface area contributed by atoms with Crippen LogP contribution in [0.1, 0.15) is 43.0 Å². The van der Waals surface area contributed by atoms with Crippen molar-refractivity contribution in [2.24, 2.45) is 11.7 Å². The Labute approximate surface area is 159 Å². The second-order valence-electron chi connectivity index (χ2n) is 6.03. The maximum absolute atomic E-state index is 14.2. The van der Waals surface area contributed by atoms with Gasteiger partial charge < -0.3 is 20.5 Å². The molecule has 1 aliphatic rings. The first-order valence-electron chi connectivity index (χ1n) is 8.66. The highest BCUT2D eigenvalue weighted by Gasteiger charge is 2.28. The van der Waals surface area contributed by atoms with E-state index in [0.717, 1.165) is 6.07 Å². The summed E-state index contributed by atoms with van der Waals surface area (Å²) in [5.74, 6) is -1.09. The molecule has 1 aliphatic carbocycles. The number of hydrogen-bond acceptors (Lipinski definition) is 5. The van der Waals surface area contributed by atoms with Crippen LogP contribution in [0, 0.1) is 11.7 Å². The summed E-state index contributed by atoms with van der Waals surface area (Å²) in [5.41, 5.74) is 5.55. The van der Waals surface area contributed by atoms with Gasteiger partial charge in [-0.15, -0.1) is 12.4 Å². The van der Waals surface area contributed by atoms with Gasteiger partial charge in [0.2, 0.25) is 0 Å². The molecule has 0 atom stereocenters. The molecule has 1 fully saturated rings. The monoisotopic (exact) mass is 388 g/mol. The molecule has 0 aromatic heterocycles. The van der Waals surface area contributed by atoms with Crippen molar-refractivity contribution in [2.45, 2.75) is 38.7 Å². The van der Waals surface area contributed by atoms with Crippen LogP contribution in [0.25, 0.3) is 0 Å². The van der Waals surface area contributed by atoms with Crippen molar-refractivity contribution in [3.8, 4) is 5.75 Å². The average Bonchev–Trinajstić information content (AvgIpc) is 2.62. The highest BCUT2D eigenvalue weighted by molar-refractivity contribution is 5.94. The summed E-state index contributed by atoms with van der Waals surface area (Å²) < 4.78 is 24.9. The van der Waals surface area contributed by atoms with Gasteiger partial charge >= 0.3 is 5.97 Å². The Morgan fingerprint density at radius 3 is 2.54 bits per heavy atom. The van der Waals surface area contributed by atoms with E-state index in [0.29, 0.717) is 45.4 Å². The van der Waals surface area contributed by atoms with Crippen LogP contribution in [0.4, 0.5) is 4.39 Å². The number of benzene rings is 1. The van der Waals surface area contributed by atoms with Gasteiger partial charge in [-0.1, -0.05) is 0 Å². The molecule has 0 radical (unpaired) electrons. The van der Waals surface area contributed by atoms with Crippen LogP contribution in [0.15, 0.2) is 18.2 Å². The Morgan fingerprint density at radius 1 is 1.27 bits per heavy atom. The normalized spacial score (nSPS) is 19.2. The lowest BCUT2D eigenvalue weighted by molar-refractivity contribution is -0.149. The molecule has 6 nitrogen and oxygen atoms in total. The second kappa shape index (κ2) is 11.0. The van der Waals surface area contributed by atoms with Gasteiger partial charge in [-0.3, -0.25) is 9.59 Å². The minimum atomic E-state index is -0.576. The predicted octanol–water partition coefficient (Wildman–Crippen LogP) is 2.44. The Bertz CT molecular complexity index is 607. The summed E-state index contributed by atoms with van der Waals surface area (Å²) in [7, 11) is 0. The van der Waals surface area contributed by atoms with Crippen LogP contribution in [0.5, 0.6) is 5.75 Å². The Balaban J connectivity index is 0.00000338. The summed E-state index contributed by atoms with van der Waals surface area (Å²) >= 11 is 0. The van der Waals surface area contributed by atoms with Gasteiger partial charge in [0.15, 0.2) is 11.6 Å². The molecule has 3 N–H and O–H groups in total. The smallest absolute Gasteiger partial charge is 0.308 e. The SMILES string of the molecule is CCOC(=O)C1CCC(Oc2ccc(C(=O)NCCN)cc2F)CC1.Cl. The molecule has 1 aromatic carbocycles. The van der Waals surface area contributed by atoms with Crippen molar-refractivity contribution in [3.63, 3.8) is 0 Å². The standard InChI is InChI=1S/C18H25FN2O4.ClH/c1-2-24-18(23)12-3-6-14(7-4-12)25-16-8-5-13(11-15(16)19)17(22)21-10-9-20;/h5,8,11-12,14H,2-4,6-7,9-10,20H2,1H3,(H,21,22);1H. The minimum Gasteiger partial charge on any atom is -0.487 e. The Morgan fingerprint density at radius 2 is 1.96 bits per heavy atom. The number of nitrogens with two attached hydrogens (primary N) is 1. The largest absolute Gasteiger partial charge is 0.487 e. The number of ether oxygens (including phenoxy) is 2. The third-order valence-corrected chi connectivity index (χ3v) is 4.21. The van der Waals surface area contributed by atoms with E-state index in [-0.39, 0.29) is 47.6 Å². The molecule has 0 aliphatic heterocycles. The highest BCUT2D eigenvalue weighted by Crippen LogP contribution is 2.29. The van der Waals surface area contributed by atoms with E-state index in [1.54, 1.807) is 6.92 Å². The fourth-order valence-corrected chi connectivity index (χ4v) is 2.88. The van der Waals surface area contributed by atoms with Crippen LogP contribution in [0.3, 0.4) is 0 Å².